The summed E-state index contributed by atoms with van der Waals surface area (Å²) in [7, 11) is 0. The summed E-state index contributed by atoms with van der Waals surface area (Å²) < 4.78 is 4.96. The van der Waals surface area contributed by atoms with E-state index in [2.05, 4.69) is 9.88 Å². The maximum atomic E-state index is 12.6. The Labute approximate surface area is 151 Å². The van der Waals surface area contributed by atoms with Crippen molar-refractivity contribution in [3.05, 3.63) is 45.8 Å². The van der Waals surface area contributed by atoms with Crippen LogP contribution in [0.5, 0.6) is 0 Å². The summed E-state index contributed by atoms with van der Waals surface area (Å²) in [6.45, 7) is 6.87. The molecule has 7 heteroatoms. The standard InChI is InChI=1S/C18H21N3O3S/c1-3-24-18(23)14-4-5-15(19-12-14)20-7-9-21(10-8-20)17(22)16-13(2)6-11-25-16/h4-6,11-12H,3,7-10H2,1-2H3. The van der Waals surface area contributed by atoms with E-state index in [-0.39, 0.29) is 11.9 Å². The number of aryl methyl sites for hydroxylation is 1. The smallest absolute Gasteiger partial charge is 0.339 e. The number of anilines is 1. The third kappa shape index (κ3) is 3.82. The molecule has 0 bridgehead atoms. The number of piperazine rings is 1. The lowest BCUT2D eigenvalue weighted by molar-refractivity contribution is 0.0525. The van der Waals surface area contributed by atoms with E-state index >= 15 is 0 Å². The Kier molecular flexibility index (Phi) is 5.33. The topological polar surface area (TPSA) is 62.7 Å². The van der Waals surface area contributed by atoms with Gasteiger partial charge in [0.2, 0.25) is 0 Å². The van der Waals surface area contributed by atoms with E-state index in [1.165, 1.54) is 11.3 Å². The molecule has 3 heterocycles. The number of rotatable bonds is 4. The van der Waals surface area contributed by atoms with Gasteiger partial charge < -0.3 is 14.5 Å². The summed E-state index contributed by atoms with van der Waals surface area (Å²) >= 11 is 1.50. The average Bonchev–Trinajstić information content (AvgIpc) is 3.07. The zero-order valence-electron chi connectivity index (χ0n) is 14.4. The van der Waals surface area contributed by atoms with Gasteiger partial charge in [0.1, 0.15) is 5.82 Å². The van der Waals surface area contributed by atoms with Gasteiger partial charge in [-0.25, -0.2) is 9.78 Å². The summed E-state index contributed by atoms with van der Waals surface area (Å²) in [4.78, 5) is 33.4. The maximum absolute atomic E-state index is 12.6. The van der Waals surface area contributed by atoms with Crippen LogP contribution in [0.1, 0.15) is 32.5 Å². The Bertz CT molecular complexity index is 749. The van der Waals surface area contributed by atoms with Gasteiger partial charge in [0.25, 0.3) is 5.91 Å². The zero-order chi connectivity index (χ0) is 17.8. The molecule has 0 saturated carbocycles. The molecule has 2 aromatic rings. The lowest BCUT2D eigenvalue weighted by atomic mass is 10.2. The third-order valence-electron chi connectivity index (χ3n) is 4.21. The molecular formula is C18H21N3O3S. The Morgan fingerprint density at radius 1 is 1.20 bits per heavy atom. The summed E-state index contributed by atoms with van der Waals surface area (Å²) in [5, 5.41) is 1.95. The second-order valence-electron chi connectivity index (χ2n) is 5.84. The van der Waals surface area contributed by atoms with Gasteiger partial charge in [0.15, 0.2) is 0 Å². The first-order valence-corrected chi connectivity index (χ1v) is 9.19. The number of hydrogen-bond acceptors (Lipinski definition) is 6. The number of esters is 1. The molecule has 1 aliphatic heterocycles. The molecule has 132 valence electrons. The lowest BCUT2D eigenvalue weighted by Gasteiger charge is -2.35. The van der Waals surface area contributed by atoms with Crippen molar-refractivity contribution in [2.75, 3.05) is 37.7 Å². The fourth-order valence-corrected chi connectivity index (χ4v) is 3.67. The number of ether oxygens (including phenoxy) is 1. The van der Waals surface area contributed by atoms with Crippen molar-refractivity contribution < 1.29 is 14.3 Å². The lowest BCUT2D eigenvalue weighted by Crippen LogP contribution is -2.49. The molecule has 0 spiro atoms. The molecule has 1 fully saturated rings. The summed E-state index contributed by atoms with van der Waals surface area (Å²) in [5.41, 5.74) is 1.49. The van der Waals surface area contributed by atoms with Crippen LogP contribution in [-0.2, 0) is 4.74 Å². The first-order chi connectivity index (χ1) is 12.1. The van der Waals surface area contributed by atoms with Crippen molar-refractivity contribution in [1.29, 1.82) is 0 Å². The second-order valence-corrected chi connectivity index (χ2v) is 6.75. The van der Waals surface area contributed by atoms with Crippen LogP contribution in [0.15, 0.2) is 29.8 Å². The maximum Gasteiger partial charge on any atom is 0.339 e. The third-order valence-corrected chi connectivity index (χ3v) is 5.21. The SMILES string of the molecule is CCOC(=O)c1ccc(N2CCN(C(=O)c3sccc3C)CC2)nc1. The predicted molar refractivity (Wildman–Crippen MR) is 97.4 cm³/mol. The number of thiophene rings is 1. The minimum Gasteiger partial charge on any atom is -0.462 e. The predicted octanol–water partition coefficient (Wildman–Crippen LogP) is 2.59. The highest BCUT2D eigenvalue weighted by molar-refractivity contribution is 7.12. The largest absolute Gasteiger partial charge is 0.462 e. The molecule has 2 aromatic heterocycles. The molecule has 0 atom stereocenters. The molecule has 1 saturated heterocycles. The van der Waals surface area contributed by atoms with Crippen LogP contribution >= 0.6 is 11.3 Å². The number of carbonyl (C=O) groups excluding carboxylic acids is 2. The summed E-state index contributed by atoms with van der Waals surface area (Å²) in [6, 6.07) is 5.53. The minimum atomic E-state index is -0.358. The Morgan fingerprint density at radius 3 is 2.52 bits per heavy atom. The van der Waals surface area contributed by atoms with Crippen LogP contribution in [0.3, 0.4) is 0 Å². The Balaban J connectivity index is 1.60. The number of carbonyl (C=O) groups is 2. The van der Waals surface area contributed by atoms with E-state index in [0.29, 0.717) is 25.3 Å². The van der Waals surface area contributed by atoms with E-state index in [0.717, 1.165) is 29.3 Å². The highest BCUT2D eigenvalue weighted by atomic mass is 32.1. The number of hydrogen-bond donors (Lipinski definition) is 0. The van der Waals surface area contributed by atoms with Crippen molar-refractivity contribution in [2.45, 2.75) is 13.8 Å². The van der Waals surface area contributed by atoms with Crippen molar-refractivity contribution in [3.8, 4) is 0 Å². The Morgan fingerprint density at radius 2 is 1.96 bits per heavy atom. The zero-order valence-corrected chi connectivity index (χ0v) is 15.2. The van der Waals surface area contributed by atoms with Crippen LogP contribution in [0.4, 0.5) is 5.82 Å². The number of nitrogens with zero attached hydrogens (tertiary/aromatic N) is 3. The molecule has 3 rings (SSSR count). The van der Waals surface area contributed by atoms with Crippen LogP contribution in [-0.4, -0.2) is 54.5 Å². The molecular weight excluding hydrogens is 338 g/mol. The molecule has 0 N–H and O–H groups in total. The first-order valence-electron chi connectivity index (χ1n) is 8.31. The molecule has 1 aliphatic rings. The van der Waals surface area contributed by atoms with Gasteiger partial charge in [-0.3, -0.25) is 4.79 Å². The fraction of sp³-hybridized carbons (Fsp3) is 0.389. The normalized spacial score (nSPS) is 14.5. The molecule has 0 radical (unpaired) electrons. The molecule has 25 heavy (non-hydrogen) atoms. The van der Waals surface area contributed by atoms with Gasteiger partial charge in [-0.2, -0.15) is 0 Å². The van der Waals surface area contributed by atoms with Crippen LogP contribution in [0.2, 0.25) is 0 Å². The van der Waals surface area contributed by atoms with Crippen LogP contribution < -0.4 is 4.90 Å². The highest BCUT2D eigenvalue weighted by Crippen LogP contribution is 2.20. The van der Waals surface area contributed by atoms with Crippen molar-refractivity contribution in [1.82, 2.24) is 9.88 Å². The Hall–Kier alpha value is -2.41. The molecule has 1 amide bonds. The number of pyridine rings is 1. The van der Waals surface area contributed by atoms with Gasteiger partial charge in [0, 0.05) is 32.4 Å². The average molecular weight is 359 g/mol. The monoisotopic (exact) mass is 359 g/mol. The minimum absolute atomic E-state index is 0.109. The number of amides is 1. The molecule has 6 nitrogen and oxygen atoms in total. The second kappa shape index (κ2) is 7.65. The highest BCUT2D eigenvalue weighted by Gasteiger charge is 2.24. The van der Waals surface area contributed by atoms with E-state index in [1.807, 2.05) is 29.3 Å². The quantitative estimate of drug-likeness (QED) is 0.785. The fourth-order valence-electron chi connectivity index (χ4n) is 2.78. The van der Waals surface area contributed by atoms with Crippen LogP contribution in [0.25, 0.3) is 0 Å². The first kappa shape index (κ1) is 17.4. The van der Waals surface area contributed by atoms with Gasteiger partial charge >= 0.3 is 5.97 Å². The number of aromatic nitrogens is 1. The van der Waals surface area contributed by atoms with E-state index in [1.54, 1.807) is 19.2 Å². The summed E-state index contributed by atoms with van der Waals surface area (Å²) in [6.07, 6.45) is 1.54. The molecule has 0 aliphatic carbocycles. The van der Waals surface area contributed by atoms with Gasteiger partial charge in [-0.1, -0.05) is 0 Å². The van der Waals surface area contributed by atoms with Gasteiger partial charge in [0.05, 0.1) is 17.0 Å². The summed E-state index contributed by atoms with van der Waals surface area (Å²) in [5.74, 6) is 0.563. The van der Waals surface area contributed by atoms with Gasteiger partial charge in [-0.05, 0) is 43.0 Å². The van der Waals surface area contributed by atoms with Crippen LogP contribution in [0, 0.1) is 6.92 Å². The molecule has 0 aromatic carbocycles. The molecule has 0 unspecified atom stereocenters. The van der Waals surface area contributed by atoms with Crippen molar-refractivity contribution in [3.63, 3.8) is 0 Å². The van der Waals surface area contributed by atoms with Gasteiger partial charge in [-0.15, -0.1) is 11.3 Å². The van der Waals surface area contributed by atoms with E-state index < -0.39 is 0 Å². The van der Waals surface area contributed by atoms with E-state index in [9.17, 15) is 9.59 Å². The van der Waals surface area contributed by atoms with E-state index in [4.69, 9.17) is 4.74 Å². The van der Waals surface area contributed by atoms with Crippen molar-refractivity contribution >= 4 is 29.0 Å². The van der Waals surface area contributed by atoms with Crippen molar-refractivity contribution in [2.24, 2.45) is 0 Å².